The number of aromatic amines is 1. The summed E-state index contributed by atoms with van der Waals surface area (Å²) in [5, 5.41) is 9.45. The van der Waals surface area contributed by atoms with Gasteiger partial charge in [-0.2, -0.15) is 0 Å². The number of hydrogen-bond donors (Lipinski definition) is 2. The molecule has 1 aromatic carbocycles. The highest BCUT2D eigenvalue weighted by Crippen LogP contribution is 2.21. The fraction of sp³-hybridized carbons (Fsp3) is 0.125. The van der Waals surface area contributed by atoms with E-state index in [0.717, 1.165) is 11.0 Å². The number of aliphatic hydroxyl groups is 1. The third kappa shape index (κ3) is 1.07. The molecule has 0 aliphatic carbocycles. The van der Waals surface area contributed by atoms with Crippen molar-refractivity contribution < 1.29 is 5.11 Å². The third-order valence-corrected chi connectivity index (χ3v) is 2.11. The second-order valence-corrected chi connectivity index (χ2v) is 2.93. The number of benzene rings is 1. The average molecular weight is 183 g/mol. The van der Waals surface area contributed by atoms with Crippen molar-refractivity contribution in [3.05, 3.63) is 29.0 Å². The van der Waals surface area contributed by atoms with Gasteiger partial charge in [0.05, 0.1) is 24.0 Å². The molecule has 62 valence electrons. The van der Waals surface area contributed by atoms with Gasteiger partial charge in [-0.3, -0.25) is 0 Å². The minimum atomic E-state index is -0.0478. The van der Waals surface area contributed by atoms with Crippen LogP contribution in [-0.4, -0.2) is 15.1 Å². The Hall–Kier alpha value is -1.06. The van der Waals surface area contributed by atoms with Gasteiger partial charge in [0, 0.05) is 5.02 Å². The second-order valence-electron chi connectivity index (χ2n) is 2.52. The molecule has 0 saturated heterocycles. The number of hydrogen-bond acceptors (Lipinski definition) is 2. The molecule has 2 aromatic rings. The lowest BCUT2D eigenvalue weighted by atomic mass is 10.2. The molecule has 0 fully saturated rings. The van der Waals surface area contributed by atoms with Crippen LogP contribution in [0.25, 0.3) is 11.0 Å². The Morgan fingerprint density at radius 3 is 3.08 bits per heavy atom. The zero-order valence-corrected chi connectivity index (χ0v) is 6.97. The molecule has 0 aliphatic heterocycles. The molecule has 0 amide bonds. The van der Waals surface area contributed by atoms with Crippen molar-refractivity contribution in [3.8, 4) is 0 Å². The molecule has 1 aromatic heterocycles. The van der Waals surface area contributed by atoms with E-state index in [9.17, 15) is 0 Å². The number of fused-ring (bicyclic) bond motifs is 1. The summed E-state index contributed by atoms with van der Waals surface area (Å²) in [4.78, 5) is 6.97. The van der Waals surface area contributed by atoms with E-state index < -0.39 is 0 Å². The molecule has 0 spiro atoms. The molecule has 0 bridgehead atoms. The molecule has 2 N–H and O–H groups in total. The van der Waals surface area contributed by atoms with Crippen LogP contribution in [0, 0.1) is 0 Å². The Balaban J connectivity index is 2.73. The van der Waals surface area contributed by atoms with Gasteiger partial charge in [-0.15, -0.1) is 0 Å². The molecular weight excluding hydrogens is 176 g/mol. The summed E-state index contributed by atoms with van der Waals surface area (Å²) in [6.45, 7) is -0.0478. The number of nitrogens with one attached hydrogen (secondary N) is 1. The highest BCUT2D eigenvalue weighted by molar-refractivity contribution is 6.32. The Bertz CT molecular complexity index is 410. The summed E-state index contributed by atoms with van der Waals surface area (Å²) < 4.78 is 0. The average Bonchev–Trinajstić information content (AvgIpc) is 2.49. The Morgan fingerprint density at radius 2 is 2.33 bits per heavy atom. The van der Waals surface area contributed by atoms with Gasteiger partial charge in [-0.1, -0.05) is 11.6 Å². The third-order valence-electron chi connectivity index (χ3n) is 1.76. The Morgan fingerprint density at radius 1 is 1.50 bits per heavy atom. The maximum atomic E-state index is 8.90. The molecule has 12 heavy (non-hydrogen) atoms. The molecule has 3 nitrogen and oxygen atoms in total. The number of rotatable bonds is 1. The zero-order valence-electron chi connectivity index (χ0n) is 6.21. The number of nitrogens with zero attached hydrogens (tertiary/aromatic N) is 1. The lowest BCUT2D eigenvalue weighted by Crippen LogP contribution is -1.84. The van der Waals surface area contributed by atoms with Gasteiger partial charge in [0.15, 0.2) is 0 Å². The highest BCUT2D eigenvalue weighted by atomic mass is 35.5. The topological polar surface area (TPSA) is 48.9 Å². The van der Waals surface area contributed by atoms with Gasteiger partial charge in [-0.05, 0) is 17.7 Å². The molecule has 4 heteroatoms. The number of aliphatic hydroxyl groups excluding tert-OH is 1. The highest BCUT2D eigenvalue weighted by Gasteiger charge is 2.02. The molecule has 2 rings (SSSR count). The first-order valence-electron chi connectivity index (χ1n) is 3.53. The lowest BCUT2D eigenvalue weighted by molar-refractivity contribution is 0.282. The molecule has 0 radical (unpaired) electrons. The van der Waals surface area contributed by atoms with E-state index in [4.69, 9.17) is 16.7 Å². The van der Waals surface area contributed by atoms with Gasteiger partial charge in [0.2, 0.25) is 0 Å². The SMILES string of the molecule is OCc1cc2[nH]cnc2cc1Cl. The summed E-state index contributed by atoms with van der Waals surface area (Å²) in [7, 11) is 0. The summed E-state index contributed by atoms with van der Waals surface area (Å²) in [6, 6.07) is 3.53. The predicted octanol–water partition coefficient (Wildman–Crippen LogP) is 1.71. The normalized spacial score (nSPS) is 10.8. The maximum absolute atomic E-state index is 8.90. The van der Waals surface area contributed by atoms with Gasteiger partial charge >= 0.3 is 0 Å². The van der Waals surface area contributed by atoms with Gasteiger partial charge in [0.1, 0.15) is 0 Å². The Kier molecular flexibility index (Phi) is 1.75. The van der Waals surface area contributed by atoms with Crippen LogP contribution >= 0.6 is 11.6 Å². The van der Waals surface area contributed by atoms with E-state index in [-0.39, 0.29) is 6.61 Å². The fourth-order valence-electron chi connectivity index (χ4n) is 1.12. The smallest absolute Gasteiger partial charge is 0.0931 e. The Labute approximate surface area is 74.0 Å². The van der Waals surface area contributed by atoms with Crippen LogP contribution in [0.5, 0.6) is 0 Å². The maximum Gasteiger partial charge on any atom is 0.0931 e. The quantitative estimate of drug-likeness (QED) is 0.706. The first-order chi connectivity index (χ1) is 5.81. The standard InChI is InChI=1S/C8H7ClN2O/c9-6-2-8-7(10-4-11-8)1-5(6)3-12/h1-2,4,12H,3H2,(H,10,11). The molecule has 0 atom stereocenters. The molecule has 0 unspecified atom stereocenters. The number of aromatic nitrogens is 2. The van der Waals surface area contributed by atoms with Gasteiger partial charge < -0.3 is 10.1 Å². The predicted molar refractivity (Wildman–Crippen MR) is 47.0 cm³/mol. The van der Waals surface area contributed by atoms with E-state index in [2.05, 4.69) is 9.97 Å². The monoisotopic (exact) mass is 182 g/mol. The minimum absolute atomic E-state index is 0.0478. The molecule has 0 aliphatic rings. The lowest BCUT2D eigenvalue weighted by Gasteiger charge is -1.98. The number of imidazole rings is 1. The summed E-state index contributed by atoms with van der Waals surface area (Å²) in [5.74, 6) is 0. The van der Waals surface area contributed by atoms with Crippen LogP contribution in [0.4, 0.5) is 0 Å². The summed E-state index contributed by atoms with van der Waals surface area (Å²) >= 11 is 5.85. The van der Waals surface area contributed by atoms with E-state index in [1.165, 1.54) is 0 Å². The molecular formula is C8H7ClN2O. The van der Waals surface area contributed by atoms with Crippen molar-refractivity contribution >= 4 is 22.6 Å². The number of halogens is 1. The second kappa shape index (κ2) is 2.77. The fourth-order valence-corrected chi connectivity index (χ4v) is 1.34. The van der Waals surface area contributed by atoms with Crippen molar-refractivity contribution in [2.75, 3.05) is 0 Å². The van der Waals surface area contributed by atoms with Crippen molar-refractivity contribution in [1.29, 1.82) is 0 Å². The minimum Gasteiger partial charge on any atom is -0.392 e. The van der Waals surface area contributed by atoms with Crippen LogP contribution in [0.3, 0.4) is 0 Å². The van der Waals surface area contributed by atoms with E-state index in [1.807, 2.05) is 0 Å². The molecule has 0 saturated carbocycles. The molecule has 1 heterocycles. The van der Waals surface area contributed by atoms with Crippen LogP contribution < -0.4 is 0 Å². The van der Waals surface area contributed by atoms with Crippen molar-refractivity contribution in [1.82, 2.24) is 9.97 Å². The van der Waals surface area contributed by atoms with E-state index in [1.54, 1.807) is 18.5 Å². The van der Waals surface area contributed by atoms with Gasteiger partial charge in [-0.25, -0.2) is 4.98 Å². The number of H-pyrrole nitrogens is 1. The first kappa shape index (κ1) is 7.58. The van der Waals surface area contributed by atoms with Crippen molar-refractivity contribution in [2.24, 2.45) is 0 Å². The first-order valence-corrected chi connectivity index (χ1v) is 3.91. The largest absolute Gasteiger partial charge is 0.392 e. The van der Waals surface area contributed by atoms with Crippen LogP contribution in [0.15, 0.2) is 18.5 Å². The van der Waals surface area contributed by atoms with Crippen molar-refractivity contribution in [2.45, 2.75) is 6.61 Å². The van der Waals surface area contributed by atoms with Crippen molar-refractivity contribution in [3.63, 3.8) is 0 Å². The van der Waals surface area contributed by atoms with E-state index in [0.29, 0.717) is 10.6 Å². The van der Waals surface area contributed by atoms with Crippen LogP contribution in [0.2, 0.25) is 5.02 Å². The van der Waals surface area contributed by atoms with Crippen LogP contribution in [0.1, 0.15) is 5.56 Å². The zero-order chi connectivity index (χ0) is 8.55. The van der Waals surface area contributed by atoms with Crippen LogP contribution in [-0.2, 0) is 6.61 Å². The summed E-state index contributed by atoms with van der Waals surface area (Å²) in [5.41, 5.74) is 2.43. The van der Waals surface area contributed by atoms with E-state index >= 15 is 0 Å². The summed E-state index contributed by atoms with van der Waals surface area (Å²) in [6.07, 6.45) is 1.60. The van der Waals surface area contributed by atoms with Gasteiger partial charge in [0.25, 0.3) is 0 Å².